The fourth-order valence-corrected chi connectivity index (χ4v) is 1.13. The summed E-state index contributed by atoms with van der Waals surface area (Å²) in [7, 11) is 0. The number of rotatable bonds is 2. The molecule has 13 heavy (non-hydrogen) atoms. The second kappa shape index (κ2) is 3.01. The van der Waals surface area contributed by atoms with Gasteiger partial charge in [-0.2, -0.15) is 5.10 Å². The first-order chi connectivity index (χ1) is 6.31. The standard InChI is InChI=1S/C8H8FN3O/c1-6-7(13-5-9)4-8-10-2-3-12(8)11-6/h2-4H,5H2,1H3. The maximum atomic E-state index is 11.9. The number of ether oxygens (including phenoxy) is 1. The largest absolute Gasteiger partial charge is 0.461 e. The molecule has 0 aliphatic heterocycles. The van der Waals surface area contributed by atoms with Crippen LogP contribution >= 0.6 is 0 Å². The van der Waals surface area contributed by atoms with Gasteiger partial charge in [-0.1, -0.05) is 0 Å². The molecule has 0 aliphatic carbocycles. The van der Waals surface area contributed by atoms with E-state index in [0.29, 0.717) is 17.1 Å². The minimum Gasteiger partial charge on any atom is -0.461 e. The van der Waals surface area contributed by atoms with E-state index in [1.54, 1.807) is 29.9 Å². The van der Waals surface area contributed by atoms with E-state index in [0.717, 1.165) is 0 Å². The molecule has 0 atom stereocenters. The Balaban J connectivity index is 2.56. The Morgan fingerprint density at radius 1 is 1.62 bits per heavy atom. The van der Waals surface area contributed by atoms with E-state index >= 15 is 0 Å². The Hall–Kier alpha value is -1.65. The Bertz CT molecular complexity index is 426. The molecule has 0 aromatic carbocycles. The Morgan fingerprint density at radius 3 is 3.23 bits per heavy atom. The molecular weight excluding hydrogens is 173 g/mol. The van der Waals surface area contributed by atoms with Crippen LogP contribution in [-0.2, 0) is 0 Å². The molecule has 2 aromatic heterocycles. The summed E-state index contributed by atoms with van der Waals surface area (Å²) in [5.41, 5.74) is 1.29. The van der Waals surface area contributed by atoms with Gasteiger partial charge in [0, 0.05) is 18.5 Å². The van der Waals surface area contributed by atoms with Crippen molar-refractivity contribution < 1.29 is 9.13 Å². The Kier molecular flexibility index (Phi) is 1.84. The second-order valence-electron chi connectivity index (χ2n) is 2.58. The summed E-state index contributed by atoms with van der Waals surface area (Å²) >= 11 is 0. The third-order valence-corrected chi connectivity index (χ3v) is 1.73. The van der Waals surface area contributed by atoms with Crippen molar-refractivity contribution in [1.82, 2.24) is 14.6 Å². The van der Waals surface area contributed by atoms with Gasteiger partial charge in [0.05, 0.1) is 0 Å². The molecule has 0 fully saturated rings. The molecule has 0 saturated heterocycles. The van der Waals surface area contributed by atoms with Gasteiger partial charge in [0.1, 0.15) is 11.4 Å². The predicted octanol–water partition coefficient (Wildman–Crippen LogP) is 1.34. The van der Waals surface area contributed by atoms with Crippen LogP contribution in [0.4, 0.5) is 4.39 Å². The number of hydrogen-bond acceptors (Lipinski definition) is 3. The summed E-state index contributed by atoms with van der Waals surface area (Å²) in [6.07, 6.45) is 3.35. The van der Waals surface area contributed by atoms with Crippen molar-refractivity contribution in [2.75, 3.05) is 6.86 Å². The molecule has 5 heteroatoms. The quantitative estimate of drug-likeness (QED) is 0.701. The lowest BCUT2D eigenvalue weighted by Crippen LogP contribution is -1.99. The maximum absolute atomic E-state index is 11.9. The van der Waals surface area contributed by atoms with Crippen LogP contribution in [-0.4, -0.2) is 21.5 Å². The predicted molar refractivity (Wildman–Crippen MR) is 44.3 cm³/mol. The van der Waals surface area contributed by atoms with Crippen molar-refractivity contribution in [3.05, 3.63) is 24.2 Å². The zero-order valence-electron chi connectivity index (χ0n) is 7.07. The maximum Gasteiger partial charge on any atom is 0.228 e. The van der Waals surface area contributed by atoms with E-state index in [-0.39, 0.29) is 0 Å². The van der Waals surface area contributed by atoms with Gasteiger partial charge in [0.15, 0.2) is 5.65 Å². The molecule has 2 aromatic rings. The molecule has 0 bridgehead atoms. The third-order valence-electron chi connectivity index (χ3n) is 1.73. The average molecular weight is 181 g/mol. The van der Waals surface area contributed by atoms with E-state index in [2.05, 4.69) is 10.1 Å². The van der Waals surface area contributed by atoms with Crippen LogP contribution in [0.15, 0.2) is 18.5 Å². The fraction of sp³-hybridized carbons (Fsp3) is 0.250. The highest BCUT2D eigenvalue weighted by atomic mass is 19.1. The first-order valence-electron chi connectivity index (χ1n) is 3.81. The summed E-state index contributed by atoms with van der Waals surface area (Å²) in [5.74, 6) is 0.432. The van der Waals surface area contributed by atoms with E-state index in [9.17, 15) is 4.39 Å². The molecular formula is C8H8FN3O. The van der Waals surface area contributed by atoms with Gasteiger partial charge in [-0.15, -0.1) is 0 Å². The van der Waals surface area contributed by atoms with Crippen LogP contribution in [0.1, 0.15) is 5.69 Å². The highest BCUT2D eigenvalue weighted by Crippen LogP contribution is 2.16. The summed E-state index contributed by atoms with van der Waals surface area (Å²) < 4.78 is 18.3. The molecule has 2 heterocycles. The Labute approximate surface area is 74.0 Å². The van der Waals surface area contributed by atoms with E-state index < -0.39 is 6.86 Å². The summed E-state index contributed by atoms with van der Waals surface area (Å²) in [4.78, 5) is 4.00. The van der Waals surface area contributed by atoms with Gasteiger partial charge >= 0.3 is 0 Å². The van der Waals surface area contributed by atoms with Crippen LogP contribution in [0.25, 0.3) is 5.65 Å². The number of hydrogen-bond donors (Lipinski definition) is 0. The van der Waals surface area contributed by atoms with Crippen molar-refractivity contribution in [3.8, 4) is 5.75 Å². The van der Waals surface area contributed by atoms with Crippen LogP contribution in [0.5, 0.6) is 5.75 Å². The van der Waals surface area contributed by atoms with Crippen molar-refractivity contribution in [3.63, 3.8) is 0 Å². The number of nitrogens with zero attached hydrogens (tertiary/aromatic N) is 3. The molecule has 0 N–H and O–H groups in total. The molecule has 0 unspecified atom stereocenters. The van der Waals surface area contributed by atoms with E-state index in [4.69, 9.17) is 4.74 Å². The van der Waals surface area contributed by atoms with Gasteiger partial charge in [-0.05, 0) is 6.92 Å². The minimum absolute atomic E-state index is 0.432. The summed E-state index contributed by atoms with van der Waals surface area (Å²) in [6, 6.07) is 1.65. The highest BCUT2D eigenvalue weighted by Gasteiger charge is 2.03. The molecule has 0 radical (unpaired) electrons. The number of imidazole rings is 1. The first-order valence-corrected chi connectivity index (χ1v) is 3.81. The number of alkyl halides is 1. The lowest BCUT2D eigenvalue weighted by Gasteiger charge is -2.04. The van der Waals surface area contributed by atoms with Gasteiger partial charge in [-0.3, -0.25) is 0 Å². The number of aromatic nitrogens is 3. The number of fused-ring (bicyclic) bond motifs is 1. The number of aryl methyl sites for hydroxylation is 1. The highest BCUT2D eigenvalue weighted by molar-refractivity contribution is 5.44. The van der Waals surface area contributed by atoms with Crippen molar-refractivity contribution in [2.24, 2.45) is 0 Å². The Morgan fingerprint density at radius 2 is 2.46 bits per heavy atom. The zero-order chi connectivity index (χ0) is 9.26. The third kappa shape index (κ3) is 1.32. The zero-order valence-corrected chi connectivity index (χ0v) is 7.07. The monoisotopic (exact) mass is 181 g/mol. The molecule has 0 saturated carbocycles. The van der Waals surface area contributed by atoms with Crippen LogP contribution in [0.3, 0.4) is 0 Å². The van der Waals surface area contributed by atoms with Crippen LogP contribution in [0, 0.1) is 6.92 Å². The molecule has 0 spiro atoms. The van der Waals surface area contributed by atoms with Gasteiger partial charge in [0.25, 0.3) is 0 Å². The lowest BCUT2D eigenvalue weighted by molar-refractivity contribution is 0.189. The molecule has 4 nitrogen and oxygen atoms in total. The first kappa shape index (κ1) is 7.97. The smallest absolute Gasteiger partial charge is 0.228 e. The van der Waals surface area contributed by atoms with Gasteiger partial charge in [-0.25, -0.2) is 13.9 Å². The SMILES string of the molecule is Cc1nn2ccnc2cc1OCF. The van der Waals surface area contributed by atoms with Crippen molar-refractivity contribution >= 4 is 5.65 Å². The lowest BCUT2D eigenvalue weighted by atomic mass is 10.4. The van der Waals surface area contributed by atoms with Gasteiger partial charge < -0.3 is 4.74 Å². The van der Waals surface area contributed by atoms with Crippen molar-refractivity contribution in [2.45, 2.75) is 6.92 Å². The summed E-state index contributed by atoms with van der Waals surface area (Å²) in [6.45, 7) is 0.907. The fourth-order valence-electron chi connectivity index (χ4n) is 1.13. The normalized spacial score (nSPS) is 10.6. The minimum atomic E-state index is -0.848. The molecule has 0 aliphatic rings. The van der Waals surface area contributed by atoms with E-state index in [1.807, 2.05) is 0 Å². The topological polar surface area (TPSA) is 39.4 Å². The summed E-state index contributed by atoms with van der Waals surface area (Å²) in [5, 5.41) is 4.12. The average Bonchev–Trinajstić information content (AvgIpc) is 2.52. The van der Waals surface area contributed by atoms with Gasteiger partial charge in [0.2, 0.25) is 6.86 Å². The second-order valence-corrected chi connectivity index (χ2v) is 2.58. The number of halogens is 1. The molecule has 68 valence electrons. The van der Waals surface area contributed by atoms with Crippen LogP contribution in [0.2, 0.25) is 0 Å². The van der Waals surface area contributed by atoms with Crippen molar-refractivity contribution in [1.29, 1.82) is 0 Å². The molecule has 2 rings (SSSR count). The van der Waals surface area contributed by atoms with E-state index in [1.165, 1.54) is 0 Å². The van der Waals surface area contributed by atoms with Crippen LogP contribution < -0.4 is 4.74 Å². The molecule has 0 amide bonds.